The first kappa shape index (κ1) is 22.3. The van der Waals surface area contributed by atoms with Crippen molar-refractivity contribution in [1.82, 2.24) is 0 Å². The predicted octanol–water partition coefficient (Wildman–Crippen LogP) is 5.76. The summed E-state index contributed by atoms with van der Waals surface area (Å²) in [4.78, 5) is 12.9. The highest BCUT2D eigenvalue weighted by molar-refractivity contribution is 6.05. The number of ketones is 1. The molecule has 1 atom stereocenters. The van der Waals surface area contributed by atoms with Gasteiger partial charge in [-0.1, -0.05) is 17.2 Å². The van der Waals surface area contributed by atoms with Gasteiger partial charge in [0.05, 0.1) is 12.0 Å². The van der Waals surface area contributed by atoms with E-state index in [1.807, 2.05) is 27.7 Å². The van der Waals surface area contributed by atoms with Gasteiger partial charge < -0.3 is 25.2 Å². The zero-order chi connectivity index (χ0) is 22.9. The smallest absolute Gasteiger partial charge is 0.174 e. The number of carbonyl (C=O) groups is 1. The number of rotatable bonds is 5. The van der Waals surface area contributed by atoms with Crippen LogP contribution in [0.15, 0.2) is 41.5 Å². The van der Waals surface area contributed by atoms with Gasteiger partial charge in [0.2, 0.25) is 0 Å². The largest absolute Gasteiger partial charge is 0.508 e. The molecule has 1 aliphatic rings. The van der Waals surface area contributed by atoms with Gasteiger partial charge in [0.15, 0.2) is 5.78 Å². The molecule has 0 saturated carbocycles. The number of benzene rings is 2. The summed E-state index contributed by atoms with van der Waals surface area (Å²) in [7, 11) is 0. The number of fused-ring (bicyclic) bond motifs is 1. The highest BCUT2D eigenvalue weighted by atomic mass is 16.5. The summed E-state index contributed by atoms with van der Waals surface area (Å²) in [6.45, 7) is 7.87. The van der Waals surface area contributed by atoms with Crippen molar-refractivity contribution in [2.75, 3.05) is 0 Å². The van der Waals surface area contributed by atoms with Crippen molar-refractivity contribution >= 4 is 11.4 Å². The fourth-order valence-corrected chi connectivity index (χ4v) is 3.87. The molecule has 4 N–H and O–H groups in total. The summed E-state index contributed by atoms with van der Waals surface area (Å²) in [5.74, 6) is -1.06. The average Bonchev–Trinajstić information content (AvgIpc) is 2.65. The molecule has 0 amide bonds. The lowest BCUT2D eigenvalue weighted by molar-refractivity contribution is 0.0841. The molecule has 0 aromatic heterocycles. The molecule has 2 aromatic carbocycles. The minimum atomic E-state index is -0.822. The number of phenols is 4. The zero-order valence-electron chi connectivity index (χ0n) is 18.2. The number of Topliss-reactive ketones (excluding diaryl/α,β-unsaturated/α-hetero) is 1. The molecule has 31 heavy (non-hydrogen) atoms. The number of carbonyl (C=O) groups excluding carboxylic acids is 1. The van der Waals surface area contributed by atoms with Crippen molar-refractivity contribution in [2.45, 2.75) is 53.1 Å². The topological polar surface area (TPSA) is 107 Å². The molecular formula is C25H28O6. The molecule has 1 heterocycles. The van der Waals surface area contributed by atoms with Gasteiger partial charge in [0, 0.05) is 17.7 Å². The number of hydrogen-bond donors (Lipinski definition) is 4. The lowest BCUT2D eigenvalue weighted by Crippen LogP contribution is -2.22. The maximum atomic E-state index is 12.9. The molecule has 0 saturated heterocycles. The van der Waals surface area contributed by atoms with E-state index in [1.54, 1.807) is 0 Å². The lowest BCUT2D eigenvalue weighted by atomic mass is 9.88. The van der Waals surface area contributed by atoms with Crippen LogP contribution >= 0.6 is 0 Å². The number of phenolic OH excluding ortho intramolecular Hbond substituents is 4. The number of hydrogen-bond acceptors (Lipinski definition) is 6. The van der Waals surface area contributed by atoms with E-state index >= 15 is 0 Å². The van der Waals surface area contributed by atoms with E-state index in [0.717, 1.165) is 17.6 Å². The Labute approximate surface area is 181 Å². The van der Waals surface area contributed by atoms with Gasteiger partial charge in [0.25, 0.3) is 0 Å². The van der Waals surface area contributed by atoms with Crippen LogP contribution in [0.1, 0.15) is 74.5 Å². The highest BCUT2D eigenvalue weighted by Crippen LogP contribution is 2.50. The van der Waals surface area contributed by atoms with E-state index in [4.69, 9.17) is 4.74 Å². The van der Waals surface area contributed by atoms with E-state index in [2.05, 4.69) is 6.08 Å². The third-order valence-electron chi connectivity index (χ3n) is 5.36. The van der Waals surface area contributed by atoms with Gasteiger partial charge in [-0.25, -0.2) is 0 Å². The van der Waals surface area contributed by atoms with Gasteiger partial charge in [-0.3, -0.25) is 4.79 Å². The van der Waals surface area contributed by atoms with Crippen LogP contribution in [0.5, 0.6) is 28.7 Å². The van der Waals surface area contributed by atoms with E-state index in [0.29, 0.717) is 17.5 Å². The maximum Gasteiger partial charge on any atom is 0.174 e. The second kappa shape index (κ2) is 8.76. The Bertz CT molecular complexity index is 1090. The summed E-state index contributed by atoms with van der Waals surface area (Å²) in [5.41, 5.74) is 3.72. The fraction of sp³-hybridized carbons (Fsp3) is 0.320. The molecule has 6 nitrogen and oxygen atoms in total. The molecule has 3 rings (SSSR count). The number of allylic oxidation sites excluding steroid dienone is 4. The Hall–Kier alpha value is -3.41. The lowest BCUT2D eigenvalue weighted by Gasteiger charge is -2.29. The number of ether oxygens (including phenoxy) is 1. The first-order valence-corrected chi connectivity index (χ1v) is 10.2. The molecule has 0 unspecified atom stereocenters. The van der Waals surface area contributed by atoms with Crippen molar-refractivity contribution in [3.63, 3.8) is 0 Å². The average molecular weight is 424 g/mol. The molecule has 0 bridgehead atoms. The van der Waals surface area contributed by atoms with Crippen molar-refractivity contribution in [3.8, 4) is 28.7 Å². The summed E-state index contributed by atoms with van der Waals surface area (Å²) in [5, 5.41) is 40.9. The van der Waals surface area contributed by atoms with Crippen molar-refractivity contribution in [3.05, 3.63) is 58.2 Å². The van der Waals surface area contributed by atoms with Gasteiger partial charge in [-0.05, 0) is 58.2 Å². The van der Waals surface area contributed by atoms with Crippen molar-refractivity contribution in [1.29, 1.82) is 0 Å². The van der Waals surface area contributed by atoms with Gasteiger partial charge in [-0.15, -0.1) is 0 Å². The molecule has 0 radical (unpaired) electrons. The van der Waals surface area contributed by atoms with E-state index in [9.17, 15) is 25.2 Å². The van der Waals surface area contributed by atoms with Crippen LogP contribution in [0.3, 0.4) is 0 Å². The molecular weight excluding hydrogens is 396 g/mol. The monoisotopic (exact) mass is 424 g/mol. The van der Waals surface area contributed by atoms with Crippen LogP contribution in [0.25, 0.3) is 5.57 Å². The molecule has 1 aliphatic heterocycles. The van der Waals surface area contributed by atoms with E-state index in [-0.39, 0.29) is 46.5 Å². The van der Waals surface area contributed by atoms with Gasteiger partial charge >= 0.3 is 0 Å². The highest BCUT2D eigenvalue weighted by Gasteiger charge is 2.35. The first-order valence-electron chi connectivity index (χ1n) is 10.2. The van der Waals surface area contributed by atoms with Gasteiger partial charge in [-0.2, -0.15) is 0 Å². The third-order valence-corrected chi connectivity index (χ3v) is 5.36. The zero-order valence-corrected chi connectivity index (χ0v) is 18.2. The third kappa shape index (κ3) is 4.53. The van der Waals surface area contributed by atoms with E-state index < -0.39 is 6.10 Å². The van der Waals surface area contributed by atoms with Crippen LogP contribution in [0.4, 0.5) is 0 Å². The summed E-state index contributed by atoms with van der Waals surface area (Å²) >= 11 is 0. The normalized spacial score (nSPS) is 15.1. The minimum absolute atomic E-state index is 0.0308. The van der Waals surface area contributed by atoms with E-state index in [1.165, 1.54) is 29.8 Å². The van der Waals surface area contributed by atoms with Crippen LogP contribution in [-0.4, -0.2) is 26.2 Å². The van der Waals surface area contributed by atoms with Crippen LogP contribution in [0, 0.1) is 0 Å². The molecule has 2 aromatic rings. The fourth-order valence-electron chi connectivity index (χ4n) is 3.87. The summed E-state index contributed by atoms with van der Waals surface area (Å²) in [6, 6.07) is 5.25. The van der Waals surface area contributed by atoms with Crippen LogP contribution in [-0.2, 0) is 0 Å². The second-order valence-electron chi connectivity index (χ2n) is 8.27. The molecule has 0 fully saturated rings. The maximum absolute atomic E-state index is 12.9. The minimum Gasteiger partial charge on any atom is -0.508 e. The molecule has 164 valence electrons. The molecule has 0 aliphatic carbocycles. The SMILES string of the molecule is CC(C)=CCCC(=C(C)C)c1c(O)cc(O)c2c1O[C@H](c1ccc(O)cc1O)CC2=O. The van der Waals surface area contributed by atoms with Crippen molar-refractivity contribution in [2.24, 2.45) is 0 Å². The Morgan fingerprint density at radius 1 is 1.03 bits per heavy atom. The summed E-state index contributed by atoms with van der Waals surface area (Å²) < 4.78 is 6.13. The standard InChI is InChI=1S/C25H28O6/c1-13(2)6-5-7-16(14(3)4)23-19(28)11-20(29)24-21(30)12-22(31-25(23)24)17-9-8-15(26)10-18(17)27/h6,8-11,22,26-29H,5,7,12H2,1-4H3/t22-/m0/s1. The Morgan fingerprint density at radius 3 is 2.35 bits per heavy atom. The Balaban J connectivity index is 2.14. The second-order valence-corrected chi connectivity index (χ2v) is 8.27. The van der Waals surface area contributed by atoms with Crippen LogP contribution in [0.2, 0.25) is 0 Å². The Kier molecular flexibility index (Phi) is 6.29. The Morgan fingerprint density at radius 2 is 1.74 bits per heavy atom. The molecule has 0 spiro atoms. The summed E-state index contributed by atoms with van der Waals surface area (Å²) in [6.07, 6.45) is 2.54. The van der Waals surface area contributed by atoms with Crippen LogP contribution < -0.4 is 4.74 Å². The predicted molar refractivity (Wildman–Crippen MR) is 119 cm³/mol. The van der Waals surface area contributed by atoms with Crippen molar-refractivity contribution < 1.29 is 30.0 Å². The first-order chi connectivity index (χ1) is 14.6. The quantitative estimate of drug-likeness (QED) is 0.455. The van der Waals surface area contributed by atoms with Gasteiger partial charge in [0.1, 0.15) is 40.4 Å². The number of aromatic hydroxyl groups is 4. The molecule has 6 heteroatoms.